The molecule has 2 unspecified atom stereocenters. The number of aromatic nitrogens is 2. The van der Waals surface area contributed by atoms with Crippen LogP contribution in [0, 0.1) is 17.8 Å². The monoisotopic (exact) mass is 360 g/mol. The second kappa shape index (κ2) is 7.58. The van der Waals surface area contributed by atoms with Gasteiger partial charge >= 0.3 is 0 Å². The zero-order valence-corrected chi connectivity index (χ0v) is 15.0. The van der Waals surface area contributed by atoms with Crippen LogP contribution in [0.2, 0.25) is 0 Å². The normalized spacial score (nSPS) is 28.0. The summed E-state index contributed by atoms with van der Waals surface area (Å²) in [6.45, 7) is 0. The zero-order chi connectivity index (χ0) is 16.5. The summed E-state index contributed by atoms with van der Waals surface area (Å²) in [5, 5.41) is 7.33. The number of hydrogen-bond acceptors (Lipinski definition) is 3. The van der Waals surface area contributed by atoms with Crippen LogP contribution >= 0.6 is 12.4 Å². The average molecular weight is 361 g/mol. The molecule has 1 amide bonds. The number of hydrogen-bond donors (Lipinski definition) is 2. The van der Waals surface area contributed by atoms with E-state index in [9.17, 15) is 4.79 Å². The summed E-state index contributed by atoms with van der Waals surface area (Å²) in [6.07, 6.45) is 9.13. The summed E-state index contributed by atoms with van der Waals surface area (Å²) in [5.74, 6) is 1.26. The van der Waals surface area contributed by atoms with Crippen LogP contribution in [0.1, 0.15) is 32.1 Å². The number of rotatable bonds is 3. The Balaban J connectivity index is 0.00000182. The number of benzene rings is 1. The minimum atomic E-state index is 0. The molecule has 1 heterocycles. The number of fused-ring (bicyclic) bond motifs is 2. The van der Waals surface area contributed by atoms with Gasteiger partial charge in [-0.3, -0.25) is 4.79 Å². The predicted octanol–water partition coefficient (Wildman–Crippen LogP) is 3.39. The zero-order valence-electron chi connectivity index (χ0n) is 14.2. The Kier molecular flexibility index (Phi) is 5.45. The molecule has 0 spiro atoms. The molecule has 0 saturated heterocycles. The number of carbonyl (C=O) groups is 1. The quantitative estimate of drug-likeness (QED) is 0.881. The van der Waals surface area contributed by atoms with E-state index in [-0.39, 0.29) is 24.2 Å². The van der Waals surface area contributed by atoms with Crippen LogP contribution in [0.25, 0.3) is 5.69 Å². The first kappa shape index (κ1) is 18.0. The maximum absolute atomic E-state index is 12.7. The van der Waals surface area contributed by atoms with Crippen molar-refractivity contribution in [2.75, 3.05) is 5.32 Å². The highest BCUT2D eigenvalue weighted by Crippen LogP contribution is 2.42. The van der Waals surface area contributed by atoms with Gasteiger partial charge in [-0.05, 0) is 61.8 Å². The molecule has 2 saturated carbocycles. The van der Waals surface area contributed by atoms with E-state index >= 15 is 0 Å². The van der Waals surface area contributed by atoms with Crippen molar-refractivity contribution in [3.05, 3.63) is 42.7 Å². The molecule has 2 aliphatic carbocycles. The van der Waals surface area contributed by atoms with Crippen LogP contribution in [0.4, 0.5) is 5.69 Å². The second-order valence-electron chi connectivity index (χ2n) is 7.19. The van der Waals surface area contributed by atoms with Crippen LogP contribution in [0.3, 0.4) is 0 Å². The van der Waals surface area contributed by atoms with Crippen LogP contribution < -0.4 is 11.1 Å². The highest BCUT2D eigenvalue weighted by atomic mass is 35.5. The van der Waals surface area contributed by atoms with E-state index in [4.69, 9.17) is 5.73 Å². The smallest absolute Gasteiger partial charge is 0.227 e. The highest BCUT2D eigenvalue weighted by molar-refractivity contribution is 5.92. The number of anilines is 1. The van der Waals surface area contributed by atoms with Gasteiger partial charge in [-0.2, -0.15) is 5.10 Å². The fourth-order valence-corrected chi connectivity index (χ4v) is 4.40. The molecule has 6 heteroatoms. The molecule has 0 aliphatic heterocycles. The maximum Gasteiger partial charge on any atom is 0.227 e. The standard InChI is InChI=1S/C19H24N4O.ClH/c20-18-13-4-1-5-14(18)11-15(10-13)19(24)22-16-6-2-7-17(12-16)23-9-3-8-21-23;/h2-3,6-9,12-15,18H,1,4-5,10-11,20H2,(H,22,24);1H. The fourth-order valence-electron chi connectivity index (χ4n) is 4.40. The number of nitrogens with two attached hydrogens (primary N) is 1. The predicted molar refractivity (Wildman–Crippen MR) is 101 cm³/mol. The van der Waals surface area contributed by atoms with E-state index in [1.54, 1.807) is 10.9 Å². The summed E-state index contributed by atoms with van der Waals surface area (Å²) in [5.41, 5.74) is 8.10. The van der Waals surface area contributed by atoms with Crippen LogP contribution in [-0.2, 0) is 4.79 Å². The number of carbonyl (C=O) groups excluding carboxylic acids is 1. The lowest BCUT2D eigenvalue weighted by atomic mass is 9.65. The van der Waals surface area contributed by atoms with E-state index in [1.165, 1.54) is 19.3 Å². The number of halogens is 1. The molecule has 2 fully saturated rings. The van der Waals surface area contributed by atoms with Gasteiger partial charge in [0.1, 0.15) is 0 Å². The first-order valence-corrected chi connectivity index (χ1v) is 8.87. The van der Waals surface area contributed by atoms with Crippen LogP contribution in [0.5, 0.6) is 0 Å². The van der Waals surface area contributed by atoms with Crippen molar-refractivity contribution in [2.24, 2.45) is 23.5 Å². The van der Waals surface area contributed by atoms with Gasteiger partial charge in [0, 0.05) is 30.0 Å². The summed E-state index contributed by atoms with van der Waals surface area (Å²) >= 11 is 0. The molecule has 2 aromatic rings. The molecule has 2 aliphatic rings. The minimum Gasteiger partial charge on any atom is -0.327 e. The Labute approximate surface area is 154 Å². The first-order valence-electron chi connectivity index (χ1n) is 8.87. The molecule has 5 nitrogen and oxygen atoms in total. The van der Waals surface area contributed by atoms with Crippen molar-refractivity contribution in [2.45, 2.75) is 38.1 Å². The molecular weight excluding hydrogens is 336 g/mol. The lowest BCUT2D eigenvalue weighted by Crippen LogP contribution is -2.48. The first-order chi connectivity index (χ1) is 11.7. The van der Waals surface area contributed by atoms with Gasteiger partial charge in [0.2, 0.25) is 5.91 Å². The van der Waals surface area contributed by atoms with Gasteiger partial charge < -0.3 is 11.1 Å². The van der Waals surface area contributed by atoms with Crippen molar-refractivity contribution < 1.29 is 4.79 Å². The molecule has 4 rings (SSSR count). The molecule has 25 heavy (non-hydrogen) atoms. The number of nitrogens with one attached hydrogen (secondary N) is 1. The van der Waals surface area contributed by atoms with E-state index < -0.39 is 0 Å². The Bertz CT molecular complexity index is 704. The molecule has 134 valence electrons. The Hall–Kier alpha value is -1.85. The third-order valence-corrected chi connectivity index (χ3v) is 5.67. The largest absolute Gasteiger partial charge is 0.327 e. The van der Waals surface area contributed by atoms with Crippen molar-refractivity contribution in [1.82, 2.24) is 9.78 Å². The molecule has 1 aromatic carbocycles. The third-order valence-electron chi connectivity index (χ3n) is 5.67. The van der Waals surface area contributed by atoms with Gasteiger partial charge in [-0.15, -0.1) is 12.4 Å². The van der Waals surface area contributed by atoms with Crippen molar-refractivity contribution in [3.8, 4) is 5.69 Å². The second-order valence-corrected chi connectivity index (χ2v) is 7.19. The van der Waals surface area contributed by atoms with Crippen LogP contribution in [-0.4, -0.2) is 21.7 Å². The van der Waals surface area contributed by atoms with E-state index in [2.05, 4.69) is 10.4 Å². The van der Waals surface area contributed by atoms with E-state index in [0.717, 1.165) is 24.2 Å². The topological polar surface area (TPSA) is 72.9 Å². The molecule has 2 atom stereocenters. The SMILES string of the molecule is Cl.NC1C2CCCC1CC(C(=O)Nc1cccc(-n3cccn3)c1)C2. The van der Waals surface area contributed by atoms with E-state index in [0.29, 0.717) is 17.9 Å². The summed E-state index contributed by atoms with van der Waals surface area (Å²) in [4.78, 5) is 12.7. The summed E-state index contributed by atoms with van der Waals surface area (Å²) in [6, 6.07) is 9.99. The Morgan fingerprint density at radius 3 is 2.64 bits per heavy atom. The minimum absolute atomic E-state index is 0. The third kappa shape index (κ3) is 3.72. The fraction of sp³-hybridized carbons (Fsp3) is 0.474. The van der Waals surface area contributed by atoms with Gasteiger partial charge in [0.05, 0.1) is 5.69 Å². The van der Waals surface area contributed by atoms with Gasteiger partial charge in [0.15, 0.2) is 0 Å². The molecule has 2 bridgehead atoms. The molecular formula is C19H25ClN4O. The molecule has 0 radical (unpaired) electrons. The van der Waals surface area contributed by atoms with Gasteiger partial charge in [-0.1, -0.05) is 12.5 Å². The van der Waals surface area contributed by atoms with Crippen molar-refractivity contribution in [3.63, 3.8) is 0 Å². The number of amides is 1. The lowest BCUT2D eigenvalue weighted by Gasteiger charge is -2.43. The van der Waals surface area contributed by atoms with E-state index in [1.807, 2.05) is 36.5 Å². The van der Waals surface area contributed by atoms with Crippen molar-refractivity contribution >= 4 is 24.0 Å². The highest BCUT2D eigenvalue weighted by Gasteiger charge is 2.40. The molecule has 3 N–H and O–H groups in total. The van der Waals surface area contributed by atoms with Gasteiger partial charge in [0.25, 0.3) is 0 Å². The number of nitrogens with zero attached hydrogens (tertiary/aromatic N) is 2. The molecule has 1 aromatic heterocycles. The van der Waals surface area contributed by atoms with Crippen molar-refractivity contribution in [1.29, 1.82) is 0 Å². The summed E-state index contributed by atoms with van der Waals surface area (Å²) in [7, 11) is 0. The lowest BCUT2D eigenvalue weighted by molar-refractivity contribution is -0.122. The summed E-state index contributed by atoms with van der Waals surface area (Å²) < 4.78 is 1.79. The Morgan fingerprint density at radius 2 is 1.96 bits per heavy atom. The van der Waals surface area contributed by atoms with Gasteiger partial charge in [-0.25, -0.2) is 4.68 Å². The maximum atomic E-state index is 12.7. The average Bonchev–Trinajstić information content (AvgIpc) is 3.09. The Morgan fingerprint density at radius 1 is 1.20 bits per heavy atom. The van der Waals surface area contributed by atoms with Crippen LogP contribution in [0.15, 0.2) is 42.7 Å².